The highest BCUT2D eigenvalue weighted by Gasteiger charge is 1.61. The van der Waals surface area contributed by atoms with Crippen LogP contribution in [0.1, 0.15) is 0 Å². The standard InChI is InChI=1S/C9H14N2/c1-10-8-6-4-3-5-7-9-11-2/h3-10H,1-2H3/b4-3+,7-5+,8-6+,11-9+. The van der Waals surface area contributed by atoms with Crippen molar-refractivity contribution >= 4 is 6.21 Å². The molecule has 11 heavy (non-hydrogen) atoms. The van der Waals surface area contributed by atoms with Crippen molar-refractivity contribution in [2.24, 2.45) is 4.99 Å². The van der Waals surface area contributed by atoms with Gasteiger partial charge in [-0.1, -0.05) is 18.2 Å². The molecule has 2 heteroatoms. The molecule has 2 nitrogen and oxygen atoms in total. The van der Waals surface area contributed by atoms with Crippen molar-refractivity contribution in [3.8, 4) is 0 Å². The number of hydrogen-bond donors (Lipinski definition) is 1. The third-order valence-electron chi connectivity index (χ3n) is 0.942. The second-order valence-electron chi connectivity index (χ2n) is 1.82. The van der Waals surface area contributed by atoms with E-state index in [2.05, 4.69) is 10.3 Å². The highest BCUT2D eigenvalue weighted by Crippen LogP contribution is 1.76. The minimum Gasteiger partial charge on any atom is -0.394 e. The number of nitrogens with one attached hydrogen (secondary N) is 1. The number of nitrogens with zero attached hydrogens (tertiary/aromatic N) is 1. The summed E-state index contributed by atoms with van der Waals surface area (Å²) < 4.78 is 0. The first-order valence-corrected chi connectivity index (χ1v) is 3.49. The van der Waals surface area contributed by atoms with Crippen molar-refractivity contribution in [1.82, 2.24) is 5.32 Å². The molecular formula is C9H14N2. The Labute approximate surface area is 68.0 Å². The molecule has 0 bridgehead atoms. The van der Waals surface area contributed by atoms with Crippen LogP contribution in [0, 0.1) is 0 Å². The van der Waals surface area contributed by atoms with Crippen LogP contribution in [-0.4, -0.2) is 20.3 Å². The molecule has 0 aromatic rings. The molecule has 60 valence electrons. The molecule has 0 spiro atoms. The fourth-order valence-corrected chi connectivity index (χ4v) is 0.480. The Kier molecular flexibility index (Phi) is 7.66. The highest BCUT2D eigenvalue weighted by molar-refractivity contribution is 5.71. The summed E-state index contributed by atoms with van der Waals surface area (Å²) in [5.41, 5.74) is 0. The lowest BCUT2D eigenvalue weighted by atomic mass is 10.4. The van der Waals surface area contributed by atoms with Crippen molar-refractivity contribution in [3.05, 3.63) is 36.6 Å². The van der Waals surface area contributed by atoms with Gasteiger partial charge in [-0.3, -0.25) is 4.99 Å². The first-order valence-electron chi connectivity index (χ1n) is 3.49. The lowest BCUT2D eigenvalue weighted by Crippen LogP contribution is -1.89. The van der Waals surface area contributed by atoms with Gasteiger partial charge in [0, 0.05) is 20.3 Å². The molecule has 0 unspecified atom stereocenters. The summed E-state index contributed by atoms with van der Waals surface area (Å²) in [6, 6.07) is 0. The molecule has 0 aromatic heterocycles. The number of allylic oxidation sites excluding steroid dienone is 5. The van der Waals surface area contributed by atoms with Gasteiger partial charge < -0.3 is 5.32 Å². The first kappa shape index (κ1) is 9.69. The quantitative estimate of drug-likeness (QED) is 0.477. The molecule has 0 aliphatic carbocycles. The SMILES string of the molecule is C/N=C/C=C/C=C/C=C/NC. The first-order chi connectivity index (χ1) is 5.41. The molecule has 0 saturated carbocycles. The Morgan fingerprint density at radius 3 is 2.27 bits per heavy atom. The Morgan fingerprint density at radius 2 is 1.64 bits per heavy atom. The van der Waals surface area contributed by atoms with E-state index in [9.17, 15) is 0 Å². The van der Waals surface area contributed by atoms with Crippen molar-refractivity contribution < 1.29 is 0 Å². The van der Waals surface area contributed by atoms with Gasteiger partial charge >= 0.3 is 0 Å². The molecule has 0 aliphatic heterocycles. The van der Waals surface area contributed by atoms with Crippen LogP contribution in [0.15, 0.2) is 41.6 Å². The highest BCUT2D eigenvalue weighted by atomic mass is 14.8. The zero-order valence-corrected chi connectivity index (χ0v) is 6.99. The molecule has 0 heterocycles. The third kappa shape index (κ3) is 8.69. The number of aliphatic imine (C=N–C) groups is 1. The predicted octanol–water partition coefficient (Wildman–Crippen LogP) is 1.53. The van der Waals surface area contributed by atoms with Gasteiger partial charge in [0.1, 0.15) is 0 Å². The maximum absolute atomic E-state index is 3.79. The smallest absolute Gasteiger partial charge is 0.0277 e. The Bertz CT molecular complexity index is 176. The van der Waals surface area contributed by atoms with E-state index in [0.29, 0.717) is 0 Å². The predicted molar refractivity (Wildman–Crippen MR) is 50.9 cm³/mol. The fourth-order valence-electron chi connectivity index (χ4n) is 0.480. The summed E-state index contributed by atoms with van der Waals surface area (Å²) in [6.07, 6.45) is 13.2. The van der Waals surface area contributed by atoms with Crippen LogP contribution in [0.3, 0.4) is 0 Å². The monoisotopic (exact) mass is 150 g/mol. The summed E-state index contributed by atoms with van der Waals surface area (Å²) in [7, 11) is 3.61. The maximum Gasteiger partial charge on any atom is 0.0277 e. The molecule has 0 rings (SSSR count). The largest absolute Gasteiger partial charge is 0.394 e. The zero-order chi connectivity index (χ0) is 8.36. The van der Waals surface area contributed by atoms with E-state index in [1.54, 1.807) is 13.3 Å². The van der Waals surface area contributed by atoms with E-state index in [1.165, 1.54) is 0 Å². The van der Waals surface area contributed by atoms with Gasteiger partial charge in [0.25, 0.3) is 0 Å². The maximum atomic E-state index is 3.79. The summed E-state index contributed by atoms with van der Waals surface area (Å²) in [5, 5.41) is 2.89. The van der Waals surface area contributed by atoms with Gasteiger partial charge in [0.15, 0.2) is 0 Å². The molecule has 0 aromatic carbocycles. The summed E-state index contributed by atoms with van der Waals surface area (Å²) in [5.74, 6) is 0. The second kappa shape index (κ2) is 8.69. The average molecular weight is 150 g/mol. The van der Waals surface area contributed by atoms with Gasteiger partial charge in [-0.25, -0.2) is 0 Å². The van der Waals surface area contributed by atoms with Crippen LogP contribution >= 0.6 is 0 Å². The topological polar surface area (TPSA) is 24.4 Å². The normalized spacial score (nSPS) is 12.9. The van der Waals surface area contributed by atoms with Gasteiger partial charge in [-0.05, 0) is 18.4 Å². The van der Waals surface area contributed by atoms with Gasteiger partial charge in [0.2, 0.25) is 0 Å². The number of rotatable bonds is 4. The minimum absolute atomic E-state index is 1.74. The van der Waals surface area contributed by atoms with E-state index in [0.717, 1.165) is 0 Å². The minimum atomic E-state index is 1.74. The van der Waals surface area contributed by atoms with Gasteiger partial charge in [-0.2, -0.15) is 0 Å². The average Bonchev–Trinajstić information content (AvgIpc) is 2.03. The number of hydrogen-bond acceptors (Lipinski definition) is 2. The Hall–Kier alpha value is -1.31. The Morgan fingerprint density at radius 1 is 1.00 bits per heavy atom. The van der Waals surface area contributed by atoms with Crippen molar-refractivity contribution in [2.45, 2.75) is 0 Å². The van der Waals surface area contributed by atoms with Crippen LogP contribution in [0.4, 0.5) is 0 Å². The summed E-state index contributed by atoms with van der Waals surface area (Å²) in [6.45, 7) is 0. The van der Waals surface area contributed by atoms with E-state index < -0.39 is 0 Å². The third-order valence-corrected chi connectivity index (χ3v) is 0.942. The van der Waals surface area contributed by atoms with Crippen molar-refractivity contribution in [1.29, 1.82) is 0 Å². The van der Waals surface area contributed by atoms with Gasteiger partial charge in [-0.15, -0.1) is 0 Å². The van der Waals surface area contributed by atoms with Gasteiger partial charge in [0.05, 0.1) is 0 Å². The molecule has 0 atom stereocenters. The molecule has 0 fully saturated rings. The van der Waals surface area contributed by atoms with E-state index in [1.807, 2.05) is 43.6 Å². The summed E-state index contributed by atoms with van der Waals surface area (Å²) >= 11 is 0. The van der Waals surface area contributed by atoms with Crippen molar-refractivity contribution in [3.63, 3.8) is 0 Å². The van der Waals surface area contributed by atoms with Crippen LogP contribution in [0.2, 0.25) is 0 Å². The van der Waals surface area contributed by atoms with E-state index in [4.69, 9.17) is 0 Å². The molecule has 0 saturated heterocycles. The van der Waals surface area contributed by atoms with E-state index in [-0.39, 0.29) is 0 Å². The molecular weight excluding hydrogens is 136 g/mol. The van der Waals surface area contributed by atoms with Crippen LogP contribution < -0.4 is 5.32 Å². The van der Waals surface area contributed by atoms with Crippen LogP contribution in [0.5, 0.6) is 0 Å². The molecule has 0 radical (unpaired) electrons. The Balaban J connectivity index is 3.51. The lowest BCUT2D eigenvalue weighted by molar-refractivity contribution is 1.10. The molecule has 0 aliphatic rings. The fraction of sp³-hybridized carbons (Fsp3) is 0.222. The second-order valence-corrected chi connectivity index (χ2v) is 1.82. The summed E-state index contributed by atoms with van der Waals surface area (Å²) in [4.78, 5) is 3.79. The van der Waals surface area contributed by atoms with Crippen LogP contribution in [-0.2, 0) is 0 Å². The lowest BCUT2D eigenvalue weighted by Gasteiger charge is -1.78. The van der Waals surface area contributed by atoms with Crippen molar-refractivity contribution in [2.75, 3.05) is 14.1 Å². The van der Waals surface area contributed by atoms with E-state index >= 15 is 0 Å². The zero-order valence-electron chi connectivity index (χ0n) is 6.99. The van der Waals surface area contributed by atoms with Crippen LogP contribution in [0.25, 0.3) is 0 Å². The molecule has 0 amide bonds. The molecule has 1 N–H and O–H groups in total.